The average molecular weight is 445 g/mol. The number of nitrogens with zero attached hydrogens (tertiary/aromatic N) is 2. The van der Waals surface area contributed by atoms with Crippen LogP contribution in [0.25, 0.3) is 11.0 Å². The summed E-state index contributed by atoms with van der Waals surface area (Å²) in [5.74, 6) is 0.375. The van der Waals surface area contributed by atoms with Crippen molar-refractivity contribution in [3.05, 3.63) is 29.6 Å². The van der Waals surface area contributed by atoms with Gasteiger partial charge in [-0.25, -0.2) is 4.98 Å². The van der Waals surface area contributed by atoms with Crippen LogP contribution in [-0.2, 0) is 5.75 Å². The topological polar surface area (TPSA) is 78.5 Å². The number of pyridine rings is 1. The predicted octanol–water partition coefficient (Wildman–Crippen LogP) is 4.53. The average Bonchev–Trinajstić information content (AvgIpc) is 3.06. The maximum atomic E-state index is 13.4. The Bertz CT molecular complexity index is 1070. The first kappa shape index (κ1) is 20.4. The predicted molar refractivity (Wildman–Crippen MR) is 98.9 cm³/mol. The molecule has 2 aromatic heterocycles. The van der Waals surface area contributed by atoms with Gasteiger partial charge in [-0.1, -0.05) is 11.8 Å². The highest BCUT2D eigenvalue weighted by Crippen LogP contribution is 2.48. The third-order valence-electron chi connectivity index (χ3n) is 4.34. The molecule has 0 fully saturated rings. The molecule has 0 amide bonds. The molecule has 1 N–H and O–H groups in total. The number of alkyl halides is 4. The van der Waals surface area contributed by atoms with E-state index in [4.69, 9.17) is 9.47 Å². The number of fused-ring (bicyclic) bond motifs is 2. The monoisotopic (exact) mass is 445 g/mol. The van der Waals surface area contributed by atoms with Crippen molar-refractivity contribution in [2.24, 2.45) is 0 Å². The maximum Gasteiger partial charge on any atom is 0.507 e. The Kier molecular flexibility index (Phi) is 4.83. The standard InChI is InChI=1S/C18H15F4N3O4S/c1-8-6-23-11(15(27-3)14(8)26-2)7-30-16-24-9-4-12-13(5-10(9)25-16)29-18(21,22)17(19,20)28-12/h4-6H,7H2,1-3H3,(H,24,25). The number of halogens is 4. The summed E-state index contributed by atoms with van der Waals surface area (Å²) in [5.41, 5.74) is 1.99. The van der Waals surface area contributed by atoms with Gasteiger partial charge >= 0.3 is 12.2 Å². The van der Waals surface area contributed by atoms with Crippen molar-refractivity contribution >= 4 is 22.8 Å². The number of nitrogens with one attached hydrogen (secondary N) is 1. The minimum atomic E-state index is -4.78. The molecule has 0 saturated heterocycles. The van der Waals surface area contributed by atoms with Gasteiger partial charge in [-0.15, -0.1) is 0 Å². The first-order chi connectivity index (χ1) is 14.1. The number of thioether (sulfide) groups is 1. The van der Waals surface area contributed by atoms with Gasteiger partial charge < -0.3 is 23.9 Å². The van der Waals surface area contributed by atoms with Crippen molar-refractivity contribution in [2.75, 3.05) is 14.2 Å². The largest absolute Gasteiger partial charge is 0.507 e. The Morgan fingerprint density at radius 2 is 1.67 bits per heavy atom. The van der Waals surface area contributed by atoms with E-state index in [2.05, 4.69) is 24.4 Å². The molecule has 3 aromatic rings. The van der Waals surface area contributed by atoms with Gasteiger partial charge in [-0.2, -0.15) is 17.6 Å². The molecule has 1 aromatic carbocycles. The molecule has 3 heterocycles. The fourth-order valence-corrected chi connectivity index (χ4v) is 3.75. The van der Waals surface area contributed by atoms with Crippen molar-refractivity contribution < 1.29 is 36.5 Å². The fraction of sp³-hybridized carbons (Fsp3) is 0.333. The minimum absolute atomic E-state index is 0.252. The SMILES string of the molecule is COc1c(C)cnc(CSc2nc3cc4c(cc3[nH]2)OC(F)(F)C(F)(F)O4)c1OC. The van der Waals surface area contributed by atoms with Gasteiger partial charge in [0.25, 0.3) is 0 Å². The lowest BCUT2D eigenvalue weighted by molar-refractivity contribution is -0.391. The summed E-state index contributed by atoms with van der Waals surface area (Å²) in [5, 5.41) is 0.411. The fourth-order valence-electron chi connectivity index (χ4n) is 2.92. The van der Waals surface area contributed by atoms with E-state index in [-0.39, 0.29) is 5.52 Å². The van der Waals surface area contributed by atoms with E-state index in [9.17, 15) is 17.6 Å². The van der Waals surface area contributed by atoms with E-state index < -0.39 is 23.7 Å². The smallest absolute Gasteiger partial charge is 0.492 e. The zero-order valence-corrected chi connectivity index (χ0v) is 16.7. The molecule has 1 aliphatic heterocycles. The molecule has 160 valence electrons. The first-order valence-electron chi connectivity index (χ1n) is 8.52. The van der Waals surface area contributed by atoms with Crippen molar-refractivity contribution in [1.29, 1.82) is 0 Å². The molecular weight excluding hydrogens is 430 g/mol. The van der Waals surface area contributed by atoms with Crippen LogP contribution in [0.4, 0.5) is 17.6 Å². The summed E-state index contributed by atoms with van der Waals surface area (Å²) < 4.78 is 72.5. The number of aryl methyl sites for hydroxylation is 1. The van der Waals surface area contributed by atoms with Crippen LogP contribution >= 0.6 is 11.8 Å². The van der Waals surface area contributed by atoms with Gasteiger partial charge in [-0.05, 0) is 6.92 Å². The lowest BCUT2D eigenvalue weighted by Crippen LogP contribution is -2.52. The summed E-state index contributed by atoms with van der Waals surface area (Å²) >= 11 is 1.25. The second kappa shape index (κ2) is 7.11. The Morgan fingerprint density at radius 1 is 1.03 bits per heavy atom. The quantitative estimate of drug-likeness (QED) is 0.457. The lowest BCUT2D eigenvalue weighted by Gasteiger charge is -2.31. The van der Waals surface area contributed by atoms with Gasteiger partial charge in [-0.3, -0.25) is 4.98 Å². The Morgan fingerprint density at radius 3 is 2.30 bits per heavy atom. The number of hydrogen-bond acceptors (Lipinski definition) is 7. The summed E-state index contributed by atoms with van der Waals surface area (Å²) in [4.78, 5) is 11.5. The Hall–Kier alpha value is -2.89. The number of ether oxygens (including phenoxy) is 4. The molecule has 0 saturated carbocycles. The van der Waals surface area contributed by atoms with Crippen LogP contribution in [0.5, 0.6) is 23.0 Å². The van der Waals surface area contributed by atoms with Gasteiger partial charge in [0.15, 0.2) is 28.2 Å². The highest BCUT2D eigenvalue weighted by atomic mass is 32.2. The molecule has 4 rings (SSSR count). The van der Waals surface area contributed by atoms with E-state index in [1.807, 2.05) is 6.92 Å². The van der Waals surface area contributed by atoms with Crippen LogP contribution in [-0.4, -0.2) is 41.4 Å². The number of hydrogen-bond donors (Lipinski definition) is 1. The van der Waals surface area contributed by atoms with Gasteiger partial charge in [0.1, 0.15) is 0 Å². The Labute approximate surface area is 171 Å². The number of benzene rings is 1. The summed E-state index contributed by atoms with van der Waals surface area (Å²) in [6, 6.07) is 2.25. The highest BCUT2D eigenvalue weighted by Gasteiger charge is 2.66. The minimum Gasteiger partial charge on any atom is -0.492 e. The van der Waals surface area contributed by atoms with Crippen molar-refractivity contribution in [3.63, 3.8) is 0 Å². The maximum absolute atomic E-state index is 13.4. The van der Waals surface area contributed by atoms with E-state index in [1.165, 1.54) is 26.0 Å². The molecular formula is C18H15F4N3O4S. The van der Waals surface area contributed by atoms with Gasteiger partial charge in [0.2, 0.25) is 0 Å². The first-order valence-corrected chi connectivity index (χ1v) is 9.50. The Balaban J connectivity index is 1.60. The number of H-pyrrole nitrogens is 1. The number of aromatic nitrogens is 3. The highest BCUT2D eigenvalue weighted by molar-refractivity contribution is 7.98. The molecule has 0 spiro atoms. The number of rotatable bonds is 5. The molecule has 0 unspecified atom stereocenters. The van der Waals surface area contributed by atoms with E-state index in [0.29, 0.717) is 33.6 Å². The third-order valence-corrected chi connectivity index (χ3v) is 5.22. The van der Waals surface area contributed by atoms with Crippen LogP contribution in [0, 0.1) is 6.92 Å². The van der Waals surface area contributed by atoms with Crippen LogP contribution in [0.3, 0.4) is 0 Å². The van der Waals surface area contributed by atoms with Crippen molar-refractivity contribution in [1.82, 2.24) is 15.0 Å². The lowest BCUT2D eigenvalue weighted by atomic mass is 10.2. The molecule has 1 aliphatic rings. The molecule has 30 heavy (non-hydrogen) atoms. The van der Waals surface area contributed by atoms with Gasteiger partial charge in [0, 0.05) is 29.6 Å². The second-order valence-corrected chi connectivity index (χ2v) is 7.30. The van der Waals surface area contributed by atoms with E-state index >= 15 is 0 Å². The second-order valence-electron chi connectivity index (χ2n) is 6.34. The summed E-state index contributed by atoms with van der Waals surface area (Å²) in [6.45, 7) is 1.84. The molecule has 0 radical (unpaired) electrons. The zero-order valence-electron chi connectivity index (χ0n) is 15.9. The van der Waals surface area contributed by atoms with E-state index in [1.54, 1.807) is 6.20 Å². The van der Waals surface area contributed by atoms with Crippen molar-refractivity contribution in [2.45, 2.75) is 30.1 Å². The van der Waals surface area contributed by atoms with E-state index in [0.717, 1.165) is 17.7 Å². The van der Waals surface area contributed by atoms with Gasteiger partial charge in [0.05, 0.1) is 30.9 Å². The normalized spacial score (nSPS) is 16.5. The third kappa shape index (κ3) is 3.34. The molecule has 12 heteroatoms. The number of imidazole rings is 1. The van der Waals surface area contributed by atoms with Crippen LogP contribution in [0.15, 0.2) is 23.5 Å². The zero-order chi connectivity index (χ0) is 21.7. The van der Waals surface area contributed by atoms with Crippen LogP contribution < -0.4 is 18.9 Å². The molecule has 0 bridgehead atoms. The summed E-state index contributed by atoms with van der Waals surface area (Å²) in [7, 11) is 3.03. The van der Waals surface area contributed by atoms with Crippen LogP contribution in [0.1, 0.15) is 11.3 Å². The molecule has 0 atom stereocenters. The molecule has 0 aliphatic carbocycles. The van der Waals surface area contributed by atoms with Crippen molar-refractivity contribution in [3.8, 4) is 23.0 Å². The number of aromatic amines is 1. The van der Waals surface area contributed by atoms with Crippen LogP contribution in [0.2, 0.25) is 0 Å². The summed E-state index contributed by atoms with van der Waals surface area (Å²) in [6.07, 6.45) is -7.91. The molecule has 7 nitrogen and oxygen atoms in total. The number of methoxy groups -OCH3 is 2.